The molecule has 0 aliphatic rings. The van der Waals surface area contributed by atoms with E-state index < -0.39 is 5.97 Å². The molecule has 0 spiro atoms. The summed E-state index contributed by atoms with van der Waals surface area (Å²) in [5.41, 5.74) is 3.30. The molecule has 2 aromatic heterocycles. The van der Waals surface area contributed by atoms with Crippen molar-refractivity contribution in [2.24, 2.45) is 0 Å². The van der Waals surface area contributed by atoms with Gasteiger partial charge in [0.2, 0.25) is 0 Å². The lowest BCUT2D eigenvalue weighted by Gasteiger charge is -2.14. The van der Waals surface area contributed by atoms with Gasteiger partial charge in [-0.25, -0.2) is 0 Å². The molecule has 0 saturated heterocycles. The van der Waals surface area contributed by atoms with E-state index in [0.29, 0.717) is 13.1 Å². The van der Waals surface area contributed by atoms with Crippen molar-refractivity contribution in [1.29, 1.82) is 0 Å². The number of aliphatic carboxylic acids is 1. The van der Waals surface area contributed by atoms with E-state index in [2.05, 4.69) is 24.4 Å². The van der Waals surface area contributed by atoms with E-state index in [1.807, 2.05) is 46.3 Å². The summed E-state index contributed by atoms with van der Waals surface area (Å²) in [7, 11) is 1.94. The Hall–Kier alpha value is -2.44. The van der Waals surface area contributed by atoms with E-state index in [1.54, 1.807) is 11.3 Å². The zero-order chi connectivity index (χ0) is 17.6. The third-order valence-corrected chi connectivity index (χ3v) is 4.80. The SMILES string of the molecule is CN(CCC(=O)O)Cc1cn(Cc2ccccc2)nc1-c1cccs1. The number of carboxylic acid groups (broad SMARTS) is 1. The third kappa shape index (κ3) is 4.78. The van der Waals surface area contributed by atoms with E-state index >= 15 is 0 Å². The minimum atomic E-state index is -0.773. The van der Waals surface area contributed by atoms with Crippen LogP contribution < -0.4 is 0 Å². The smallest absolute Gasteiger partial charge is 0.304 e. The van der Waals surface area contributed by atoms with Gasteiger partial charge in [0.1, 0.15) is 5.69 Å². The Balaban J connectivity index is 1.81. The van der Waals surface area contributed by atoms with Crippen molar-refractivity contribution in [3.63, 3.8) is 0 Å². The maximum atomic E-state index is 10.8. The molecule has 1 aromatic carbocycles. The topological polar surface area (TPSA) is 58.4 Å². The standard InChI is InChI=1S/C19H21N3O2S/c1-21(10-9-18(23)24)13-16-14-22(12-15-6-3-2-4-7-15)20-19(16)17-8-5-11-25-17/h2-8,11,14H,9-10,12-13H2,1H3,(H,23,24). The molecule has 25 heavy (non-hydrogen) atoms. The molecular formula is C19H21N3O2S. The van der Waals surface area contributed by atoms with E-state index in [1.165, 1.54) is 5.56 Å². The second kappa shape index (κ2) is 8.09. The molecule has 0 fully saturated rings. The summed E-state index contributed by atoms with van der Waals surface area (Å²) in [4.78, 5) is 13.9. The molecule has 0 atom stereocenters. The average Bonchev–Trinajstić information content (AvgIpc) is 3.24. The van der Waals surface area contributed by atoms with Gasteiger partial charge in [-0.1, -0.05) is 36.4 Å². The van der Waals surface area contributed by atoms with Crippen LogP contribution in [-0.4, -0.2) is 39.3 Å². The molecular weight excluding hydrogens is 334 g/mol. The molecule has 0 saturated carbocycles. The molecule has 5 nitrogen and oxygen atoms in total. The molecule has 0 aliphatic carbocycles. The van der Waals surface area contributed by atoms with Crippen LogP contribution in [0, 0.1) is 0 Å². The highest BCUT2D eigenvalue weighted by atomic mass is 32.1. The first-order valence-corrected chi connectivity index (χ1v) is 9.04. The second-order valence-corrected chi connectivity index (χ2v) is 6.99. The Morgan fingerprint density at radius 2 is 2.04 bits per heavy atom. The molecule has 2 heterocycles. The maximum absolute atomic E-state index is 10.8. The van der Waals surface area contributed by atoms with Gasteiger partial charge in [-0.15, -0.1) is 11.3 Å². The van der Waals surface area contributed by atoms with E-state index in [-0.39, 0.29) is 6.42 Å². The maximum Gasteiger partial charge on any atom is 0.304 e. The first kappa shape index (κ1) is 17.4. The number of benzene rings is 1. The second-order valence-electron chi connectivity index (χ2n) is 6.04. The number of hydrogen-bond donors (Lipinski definition) is 1. The van der Waals surface area contributed by atoms with Crippen LogP contribution in [0.15, 0.2) is 54.0 Å². The predicted molar refractivity (Wildman–Crippen MR) is 99.7 cm³/mol. The summed E-state index contributed by atoms with van der Waals surface area (Å²) in [6, 6.07) is 14.3. The number of nitrogens with zero attached hydrogens (tertiary/aromatic N) is 3. The fourth-order valence-corrected chi connectivity index (χ4v) is 3.45. The van der Waals surface area contributed by atoms with Crippen molar-refractivity contribution < 1.29 is 9.90 Å². The summed E-state index contributed by atoms with van der Waals surface area (Å²) in [6.45, 7) is 1.91. The minimum absolute atomic E-state index is 0.142. The molecule has 130 valence electrons. The van der Waals surface area contributed by atoms with Crippen LogP contribution in [-0.2, 0) is 17.9 Å². The van der Waals surface area contributed by atoms with Crippen LogP contribution in [0.5, 0.6) is 0 Å². The number of rotatable bonds is 8. The van der Waals surface area contributed by atoms with Gasteiger partial charge in [0, 0.05) is 24.8 Å². The predicted octanol–water partition coefficient (Wildman–Crippen LogP) is 3.57. The van der Waals surface area contributed by atoms with Gasteiger partial charge in [0.05, 0.1) is 17.8 Å². The van der Waals surface area contributed by atoms with Crippen molar-refractivity contribution >= 4 is 17.3 Å². The first-order valence-electron chi connectivity index (χ1n) is 8.16. The molecule has 3 aromatic rings. The third-order valence-electron chi connectivity index (χ3n) is 3.93. The van der Waals surface area contributed by atoms with Crippen LogP contribution in [0.25, 0.3) is 10.6 Å². The van der Waals surface area contributed by atoms with Crippen molar-refractivity contribution in [2.45, 2.75) is 19.5 Å². The fraction of sp³-hybridized carbons (Fsp3) is 0.263. The first-order chi connectivity index (χ1) is 12.1. The van der Waals surface area contributed by atoms with Gasteiger partial charge >= 0.3 is 5.97 Å². The molecule has 0 amide bonds. The van der Waals surface area contributed by atoms with Crippen molar-refractivity contribution in [3.8, 4) is 10.6 Å². The van der Waals surface area contributed by atoms with E-state index in [4.69, 9.17) is 10.2 Å². The number of carbonyl (C=O) groups is 1. The Morgan fingerprint density at radius 1 is 1.24 bits per heavy atom. The summed E-state index contributed by atoms with van der Waals surface area (Å²) in [5, 5.41) is 15.7. The molecule has 0 radical (unpaired) electrons. The van der Waals surface area contributed by atoms with Gasteiger partial charge in [0.25, 0.3) is 0 Å². The van der Waals surface area contributed by atoms with Crippen LogP contribution in [0.3, 0.4) is 0 Å². The largest absolute Gasteiger partial charge is 0.481 e. The molecule has 1 N–H and O–H groups in total. The average molecular weight is 355 g/mol. The summed E-state index contributed by atoms with van der Waals surface area (Å²) >= 11 is 1.67. The lowest BCUT2D eigenvalue weighted by atomic mass is 10.2. The summed E-state index contributed by atoms with van der Waals surface area (Å²) in [5.74, 6) is -0.773. The van der Waals surface area contributed by atoms with Gasteiger partial charge < -0.3 is 10.0 Å². The van der Waals surface area contributed by atoms with Crippen LogP contribution >= 0.6 is 11.3 Å². The normalized spacial score (nSPS) is 11.1. The molecule has 0 unspecified atom stereocenters. The Morgan fingerprint density at radius 3 is 2.72 bits per heavy atom. The lowest BCUT2D eigenvalue weighted by Crippen LogP contribution is -2.21. The van der Waals surface area contributed by atoms with Gasteiger partial charge in [-0.2, -0.15) is 5.10 Å². The molecule has 0 aliphatic heterocycles. The number of aromatic nitrogens is 2. The Bertz CT molecular complexity index is 813. The van der Waals surface area contributed by atoms with Gasteiger partial charge in [0.15, 0.2) is 0 Å². The summed E-state index contributed by atoms with van der Waals surface area (Å²) < 4.78 is 1.96. The molecule has 6 heteroatoms. The van der Waals surface area contributed by atoms with Crippen LogP contribution in [0.1, 0.15) is 17.5 Å². The quantitative estimate of drug-likeness (QED) is 0.671. The zero-order valence-corrected chi connectivity index (χ0v) is 14.9. The van der Waals surface area contributed by atoms with Crippen LogP contribution in [0.2, 0.25) is 0 Å². The van der Waals surface area contributed by atoms with Crippen LogP contribution in [0.4, 0.5) is 0 Å². The van der Waals surface area contributed by atoms with E-state index in [0.717, 1.165) is 22.7 Å². The zero-order valence-electron chi connectivity index (χ0n) is 14.1. The Labute approximate surface area is 151 Å². The van der Waals surface area contributed by atoms with Crippen molar-refractivity contribution in [1.82, 2.24) is 14.7 Å². The highest BCUT2D eigenvalue weighted by Crippen LogP contribution is 2.27. The number of hydrogen-bond acceptors (Lipinski definition) is 4. The Kier molecular flexibility index (Phi) is 5.63. The highest BCUT2D eigenvalue weighted by molar-refractivity contribution is 7.13. The van der Waals surface area contributed by atoms with Gasteiger partial charge in [-0.05, 0) is 24.1 Å². The fourth-order valence-electron chi connectivity index (χ4n) is 2.71. The van der Waals surface area contributed by atoms with Crippen molar-refractivity contribution in [2.75, 3.05) is 13.6 Å². The molecule has 0 bridgehead atoms. The number of thiophene rings is 1. The monoisotopic (exact) mass is 355 g/mol. The van der Waals surface area contributed by atoms with Gasteiger partial charge in [-0.3, -0.25) is 9.48 Å². The minimum Gasteiger partial charge on any atom is -0.481 e. The highest BCUT2D eigenvalue weighted by Gasteiger charge is 2.14. The number of carboxylic acids is 1. The molecule has 3 rings (SSSR count). The lowest BCUT2D eigenvalue weighted by molar-refractivity contribution is -0.137. The summed E-state index contributed by atoms with van der Waals surface area (Å²) in [6.07, 6.45) is 2.21. The van der Waals surface area contributed by atoms with E-state index in [9.17, 15) is 4.79 Å². The van der Waals surface area contributed by atoms with Crippen molar-refractivity contribution in [3.05, 3.63) is 65.2 Å².